The monoisotopic (exact) mass is 351 g/mol. The van der Waals surface area contributed by atoms with E-state index in [2.05, 4.69) is 4.98 Å². The van der Waals surface area contributed by atoms with E-state index in [1.165, 1.54) is 0 Å². The van der Waals surface area contributed by atoms with Gasteiger partial charge in [-0.2, -0.15) is 0 Å². The minimum atomic E-state index is -3.52. The molecule has 1 atom stereocenters. The predicted octanol–water partition coefficient (Wildman–Crippen LogP) is 1.24. The number of likely N-dealkylation sites (tertiary alicyclic amines) is 1. The second-order valence-corrected chi connectivity index (χ2v) is 7.93. The number of H-pyrrole nitrogens is 1. The third-order valence-corrected chi connectivity index (χ3v) is 5.46. The summed E-state index contributed by atoms with van der Waals surface area (Å²) < 4.78 is 27.7. The first-order valence-corrected chi connectivity index (χ1v) is 9.46. The molecule has 0 unspecified atom stereocenters. The molecule has 1 aliphatic heterocycles. The number of amides is 1. The number of nitrogens with one attached hydrogen (secondary N) is 1. The Kier molecular flexibility index (Phi) is 4.27. The van der Waals surface area contributed by atoms with Crippen molar-refractivity contribution in [2.75, 3.05) is 26.0 Å². The first kappa shape index (κ1) is 16.8. The van der Waals surface area contributed by atoms with Gasteiger partial charge in [0.2, 0.25) is 10.0 Å². The fourth-order valence-electron chi connectivity index (χ4n) is 3.29. The van der Waals surface area contributed by atoms with Gasteiger partial charge in [-0.25, -0.2) is 13.6 Å². The summed E-state index contributed by atoms with van der Waals surface area (Å²) in [5.41, 5.74) is 2.27. The van der Waals surface area contributed by atoms with Crippen molar-refractivity contribution in [3.05, 3.63) is 29.5 Å². The van der Waals surface area contributed by atoms with Crippen molar-refractivity contribution in [3.63, 3.8) is 0 Å². The van der Waals surface area contributed by atoms with E-state index in [9.17, 15) is 13.2 Å². The summed E-state index contributed by atoms with van der Waals surface area (Å²) in [7, 11) is -1.92. The summed E-state index contributed by atoms with van der Waals surface area (Å²) in [4.78, 5) is 17.6. The van der Waals surface area contributed by atoms with Crippen LogP contribution < -0.4 is 9.88 Å². The van der Waals surface area contributed by atoms with Crippen molar-refractivity contribution in [2.45, 2.75) is 13.3 Å². The van der Waals surface area contributed by atoms with Crippen LogP contribution in [0.3, 0.4) is 0 Å². The van der Waals surface area contributed by atoms with Crippen LogP contribution in [0, 0.1) is 12.8 Å². The smallest absolute Gasteiger partial charge is 0.270 e. The van der Waals surface area contributed by atoms with Crippen LogP contribution in [0.1, 0.15) is 22.5 Å². The number of hydrogen-bond donors (Lipinski definition) is 2. The van der Waals surface area contributed by atoms with E-state index < -0.39 is 10.0 Å². The molecule has 24 heavy (non-hydrogen) atoms. The molecule has 0 bridgehead atoms. The molecule has 1 saturated heterocycles. The Bertz CT molecular complexity index is 888. The van der Waals surface area contributed by atoms with E-state index in [0.717, 1.165) is 22.2 Å². The first-order chi connectivity index (χ1) is 11.3. The molecule has 2 heterocycles. The number of aryl methyl sites for hydroxylation is 1. The third kappa shape index (κ3) is 3.25. The third-order valence-electron chi connectivity index (χ3n) is 4.52. The Hall–Kier alpha value is -2.06. The Balaban J connectivity index is 1.83. The Morgan fingerprint density at radius 3 is 2.88 bits per heavy atom. The van der Waals surface area contributed by atoms with Gasteiger partial charge < -0.3 is 14.6 Å². The van der Waals surface area contributed by atoms with E-state index in [1.807, 2.05) is 25.1 Å². The highest BCUT2D eigenvalue weighted by molar-refractivity contribution is 7.89. The first-order valence-electron chi connectivity index (χ1n) is 7.74. The predicted molar refractivity (Wildman–Crippen MR) is 91.6 cm³/mol. The lowest BCUT2D eigenvalue weighted by Crippen LogP contribution is -2.31. The summed E-state index contributed by atoms with van der Waals surface area (Å²) in [6, 6.07) is 5.61. The number of aromatic amines is 1. The highest BCUT2D eigenvalue weighted by Crippen LogP contribution is 2.28. The molecule has 0 radical (unpaired) electrons. The van der Waals surface area contributed by atoms with Crippen LogP contribution >= 0.6 is 0 Å². The van der Waals surface area contributed by atoms with E-state index >= 15 is 0 Å². The van der Waals surface area contributed by atoms with Gasteiger partial charge in [0.15, 0.2) is 0 Å². The van der Waals surface area contributed by atoms with Gasteiger partial charge in [0.1, 0.15) is 11.4 Å². The second-order valence-electron chi connectivity index (χ2n) is 6.27. The number of hydrogen-bond acceptors (Lipinski definition) is 4. The average molecular weight is 351 g/mol. The zero-order valence-corrected chi connectivity index (χ0v) is 14.5. The second kappa shape index (κ2) is 6.10. The lowest BCUT2D eigenvalue weighted by atomic mass is 10.1. The van der Waals surface area contributed by atoms with Crippen LogP contribution in [-0.2, 0) is 10.0 Å². The summed E-state index contributed by atoms with van der Waals surface area (Å²) in [5.74, 6) is 0.436. The van der Waals surface area contributed by atoms with Crippen molar-refractivity contribution in [1.29, 1.82) is 0 Å². The molecule has 0 saturated carbocycles. The van der Waals surface area contributed by atoms with Crippen LogP contribution in [0.5, 0.6) is 5.75 Å². The van der Waals surface area contributed by atoms with Gasteiger partial charge in [-0.15, -0.1) is 0 Å². The standard InChI is InChI=1S/C16H21N3O4S/c1-10-13-7-12(23-2)3-4-14(13)18-15(10)16(20)19-6-5-11(8-19)9-24(17,21)22/h3-4,7,11,18H,5-6,8-9H2,1-2H3,(H2,17,21,22)/t11-/m0/s1. The molecule has 0 spiro atoms. The normalized spacial score (nSPS) is 18.3. The fraction of sp³-hybridized carbons (Fsp3) is 0.438. The highest BCUT2D eigenvalue weighted by atomic mass is 32.2. The van der Waals surface area contributed by atoms with Gasteiger partial charge in [-0.3, -0.25) is 4.79 Å². The van der Waals surface area contributed by atoms with Crippen LogP contribution in [0.4, 0.5) is 0 Å². The molecule has 1 aliphatic rings. The number of primary sulfonamides is 1. The maximum atomic E-state index is 12.8. The molecule has 1 aromatic carbocycles. The Morgan fingerprint density at radius 2 is 2.21 bits per heavy atom. The minimum absolute atomic E-state index is 0.0837. The maximum absolute atomic E-state index is 12.8. The van der Waals surface area contributed by atoms with Gasteiger partial charge in [0, 0.05) is 24.0 Å². The highest BCUT2D eigenvalue weighted by Gasteiger charge is 2.30. The molecular weight excluding hydrogens is 330 g/mol. The molecular formula is C16H21N3O4S. The topological polar surface area (TPSA) is 105 Å². The van der Waals surface area contributed by atoms with Gasteiger partial charge in [-0.05, 0) is 43.0 Å². The molecule has 1 fully saturated rings. The molecule has 0 aliphatic carbocycles. The summed E-state index contributed by atoms with van der Waals surface area (Å²) >= 11 is 0. The number of benzene rings is 1. The fourth-order valence-corrected chi connectivity index (χ4v) is 4.22. The van der Waals surface area contributed by atoms with Crippen molar-refractivity contribution in [1.82, 2.24) is 9.88 Å². The SMILES string of the molecule is COc1ccc2[nH]c(C(=O)N3CC[C@H](CS(N)(=O)=O)C3)c(C)c2c1. The molecule has 3 N–H and O–H groups in total. The number of aromatic nitrogens is 1. The van der Waals surface area contributed by atoms with Crippen LogP contribution in [-0.4, -0.2) is 50.2 Å². The van der Waals surface area contributed by atoms with Crippen LogP contribution in [0.2, 0.25) is 0 Å². The zero-order chi connectivity index (χ0) is 17.5. The molecule has 3 rings (SSSR count). The average Bonchev–Trinajstić information content (AvgIpc) is 3.10. The van der Waals surface area contributed by atoms with Gasteiger partial charge >= 0.3 is 0 Å². The van der Waals surface area contributed by atoms with E-state index in [4.69, 9.17) is 9.88 Å². The van der Waals surface area contributed by atoms with E-state index in [0.29, 0.717) is 25.2 Å². The van der Waals surface area contributed by atoms with Crippen LogP contribution in [0.25, 0.3) is 10.9 Å². The van der Waals surface area contributed by atoms with Gasteiger partial charge in [0.05, 0.1) is 12.9 Å². The molecule has 8 heteroatoms. The Morgan fingerprint density at radius 1 is 1.46 bits per heavy atom. The number of nitrogens with zero attached hydrogens (tertiary/aromatic N) is 1. The number of ether oxygens (including phenoxy) is 1. The van der Waals surface area contributed by atoms with Crippen LogP contribution in [0.15, 0.2) is 18.2 Å². The van der Waals surface area contributed by atoms with E-state index in [1.54, 1.807) is 12.0 Å². The lowest BCUT2D eigenvalue weighted by molar-refractivity contribution is 0.0782. The number of carbonyl (C=O) groups excluding carboxylic acids is 1. The van der Waals surface area contributed by atoms with Crippen molar-refractivity contribution in [3.8, 4) is 5.75 Å². The number of sulfonamides is 1. The lowest BCUT2D eigenvalue weighted by Gasteiger charge is -2.16. The molecule has 1 amide bonds. The van der Waals surface area contributed by atoms with Crippen molar-refractivity contribution >= 4 is 26.8 Å². The zero-order valence-electron chi connectivity index (χ0n) is 13.7. The summed E-state index contributed by atoms with van der Waals surface area (Å²) in [6.45, 7) is 2.84. The quantitative estimate of drug-likeness (QED) is 0.864. The van der Waals surface area contributed by atoms with E-state index in [-0.39, 0.29) is 17.6 Å². The van der Waals surface area contributed by atoms with Crippen molar-refractivity contribution < 1.29 is 17.9 Å². The Labute approximate surface area is 140 Å². The summed E-state index contributed by atoms with van der Waals surface area (Å²) in [6.07, 6.45) is 0.648. The maximum Gasteiger partial charge on any atom is 0.270 e. The molecule has 7 nitrogen and oxygen atoms in total. The number of carbonyl (C=O) groups is 1. The largest absolute Gasteiger partial charge is 0.497 e. The van der Waals surface area contributed by atoms with Crippen molar-refractivity contribution in [2.24, 2.45) is 11.1 Å². The molecule has 2 aromatic rings. The molecule has 1 aromatic heterocycles. The number of rotatable bonds is 4. The number of fused-ring (bicyclic) bond motifs is 1. The summed E-state index contributed by atoms with van der Waals surface area (Å²) in [5, 5.41) is 6.04. The molecule has 130 valence electrons. The number of nitrogens with two attached hydrogens (primary N) is 1. The van der Waals surface area contributed by atoms with Gasteiger partial charge in [-0.1, -0.05) is 0 Å². The van der Waals surface area contributed by atoms with Gasteiger partial charge in [0.25, 0.3) is 5.91 Å². The number of methoxy groups -OCH3 is 1. The minimum Gasteiger partial charge on any atom is -0.497 e.